The summed E-state index contributed by atoms with van der Waals surface area (Å²) in [6, 6.07) is 4.32. The fourth-order valence-electron chi connectivity index (χ4n) is 1.80. The molecule has 0 saturated carbocycles. The summed E-state index contributed by atoms with van der Waals surface area (Å²) >= 11 is 0. The highest BCUT2D eigenvalue weighted by molar-refractivity contribution is 5.43. The van der Waals surface area contributed by atoms with Crippen molar-refractivity contribution in [3.63, 3.8) is 0 Å². The first-order valence-electron chi connectivity index (χ1n) is 5.33. The Balaban J connectivity index is 2.93. The molecule has 15 heavy (non-hydrogen) atoms. The summed E-state index contributed by atoms with van der Waals surface area (Å²) < 4.78 is 5.42. The standard InChI is InChI=1S/C13H21NO/c1-10-8-11(2)12(6-7-14(3)4)13(9-10)15-5/h8-9H,6-7H2,1-5H3. The van der Waals surface area contributed by atoms with Crippen LogP contribution in [0.25, 0.3) is 0 Å². The summed E-state index contributed by atoms with van der Waals surface area (Å²) in [5, 5.41) is 0. The maximum atomic E-state index is 5.42. The van der Waals surface area contributed by atoms with E-state index in [9.17, 15) is 0 Å². The Hall–Kier alpha value is -1.02. The van der Waals surface area contributed by atoms with Gasteiger partial charge in [0.25, 0.3) is 0 Å². The molecule has 0 N–H and O–H groups in total. The highest BCUT2D eigenvalue weighted by atomic mass is 16.5. The van der Waals surface area contributed by atoms with Gasteiger partial charge in [0, 0.05) is 6.54 Å². The van der Waals surface area contributed by atoms with E-state index in [1.54, 1.807) is 7.11 Å². The third-order valence-corrected chi connectivity index (χ3v) is 2.61. The Kier molecular flexibility index (Phi) is 4.15. The summed E-state index contributed by atoms with van der Waals surface area (Å²) in [5.74, 6) is 1.02. The number of hydrogen-bond donors (Lipinski definition) is 0. The molecule has 84 valence electrons. The van der Waals surface area contributed by atoms with Gasteiger partial charge in [-0.05, 0) is 57.1 Å². The van der Waals surface area contributed by atoms with Crippen LogP contribution < -0.4 is 4.74 Å². The first kappa shape index (κ1) is 12.1. The Morgan fingerprint density at radius 3 is 2.40 bits per heavy atom. The molecule has 2 nitrogen and oxygen atoms in total. The molecule has 0 radical (unpaired) electrons. The van der Waals surface area contributed by atoms with Crippen molar-refractivity contribution in [2.24, 2.45) is 0 Å². The van der Waals surface area contributed by atoms with Crippen molar-refractivity contribution in [3.05, 3.63) is 28.8 Å². The summed E-state index contributed by atoms with van der Waals surface area (Å²) in [5.41, 5.74) is 3.92. The van der Waals surface area contributed by atoms with E-state index in [-0.39, 0.29) is 0 Å². The zero-order valence-electron chi connectivity index (χ0n) is 10.4. The van der Waals surface area contributed by atoms with Gasteiger partial charge >= 0.3 is 0 Å². The first-order valence-corrected chi connectivity index (χ1v) is 5.33. The molecule has 0 aliphatic carbocycles. The molecule has 1 aromatic rings. The molecule has 0 saturated heterocycles. The van der Waals surface area contributed by atoms with Gasteiger partial charge in [-0.1, -0.05) is 6.07 Å². The van der Waals surface area contributed by atoms with Crippen molar-refractivity contribution in [1.82, 2.24) is 4.90 Å². The molecule has 0 spiro atoms. The van der Waals surface area contributed by atoms with Crippen molar-refractivity contribution in [1.29, 1.82) is 0 Å². The quantitative estimate of drug-likeness (QED) is 0.752. The van der Waals surface area contributed by atoms with Crippen LogP contribution in [-0.4, -0.2) is 32.6 Å². The monoisotopic (exact) mass is 207 g/mol. The summed E-state index contributed by atoms with van der Waals surface area (Å²) in [7, 11) is 5.93. The van der Waals surface area contributed by atoms with Gasteiger partial charge in [0.05, 0.1) is 7.11 Å². The molecule has 0 aliphatic heterocycles. The van der Waals surface area contributed by atoms with Gasteiger partial charge in [-0.15, -0.1) is 0 Å². The molecule has 0 aromatic heterocycles. The van der Waals surface area contributed by atoms with Gasteiger partial charge in [-0.2, -0.15) is 0 Å². The van der Waals surface area contributed by atoms with Gasteiger partial charge in [0.15, 0.2) is 0 Å². The van der Waals surface area contributed by atoms with Crippen LogP contribution in [0.4, 0.5) is 0 Å². The molecule has 1 rings (SSSR count). The number of ether oxygens (including phenoxy) is 1. The van der Waals surface area contributed by atoms with Gasteiger partial charge in [0.2, 0.25) is 0 Å². The van der Waals surface area contributed by atoms with Gasteiger partial charge in [-0.25, -0.2) is 0 Å². The van der Waals surface area contributed by atoms with E-state index in [0.717, 1.165) is 18.7 Å². The number of likely N-dealkylation sites (N-methyl/N-ethyl adjacent to an activating group) is 1. The fraction of sp³-hybridized carbons (Fsp3) is 0.538. The van der Waals surface area contributed by atoms with Gasteiger partial charge < -0.3 is 9.64 Å². The zero-order valence-corrected chi connectivity index (χ0v) is 10.4. The van der Waals surface area contributed by atoms with Crippen molar-refractivity contribution in [2.45, 2.75) is 20.3 Å². The van der Waals surface area contributed by atoms with E-state index in [1.165, 1.54) is 16.7 Å². The number of methoxy groups -OCH3 is 1. The molecule has 0 unspecified atom stereocenters. The van der Waals surface area contributed by atoms with E-state index in [2.05, 4.69) is 45.0 Å². The van der Waals surface area contributed by atoms with E-state index < -0.39 is 0 Å². The average molecular weight is 207 g/mol. The third kappa shape index (κ3) is 3.24. The largest absolute Gasteiger partial charge is 0.496 e. The molecule has 0 bridgehead atoms. The number of benzene rings is 1. The first-order chi connectivity index (χ1) is 7.04. The highest BCUT2D eigenvalue weighted by Crippen LogP contribution is 2.24. The van der Waals surface area contributed by atoms with Crippen molar-refractivity contribution in [2.75, 3.05) is 27.7 Å². The average Bonchev–Trinajstić information content (AvgIpc) is 2.14. The molecule has 2 heteroatoms. The smallest absolute Gasteiger partial charge is 0.122 e. The number of rotatable bonds is 4. The lowest BCUT2D eigenvalue weighted by Crippen LogP contribution is -2.16. The third-order valence-electron chi connectivity index (χ3n) is 2.61. The van der Waals surface area contributed by atoms with Crippen molar-refractivity contribution >= 4 is 0 Å². The lowest BCUT2D eigenvalue weighted by Gasteiger charge is -2.15. The second-order valence-corrected chi connectivity index (χ2v) is 4.32. The van der Waals surface area contributed by atoms with Crippen molar-refractivity contribution in [3.8, 4) is 5.75 Å². The topological polar surface area (TPSA) is 12.5 Å². The van der Waals surface area contributed by atoms with E-state index in [1.807, 2.05) is 0 Å². The molecular weight excluding hydrogens is 186 g/mol. The minimum atomic E-state index is 1.02. The SMILES string of the molecule is COc1cc(C)cc(C)c1CCN(C)C. The minimum Gasteiger partial charge on any atom is -0.496 e. The predicted octanol–water partition coefficient (Wildman–Crippen LogP) is 2.42. The lowest BCUT2D eigenvalue weighted by atomic mass is 10.0. The number of aryl methyl sites for hydroxylation is 2. The zero-order chi connectivity index (χ0) is 11.4. The maximum absolute atomic E-state index is 5.42. The molecule has 0 aliphatic rings. The van der Waals surface area contributed by atoms with Gasteiger partial charge in [-0.3, -0.25) is 0 Å². The van der Waals surface area contributed by atoms with Crippen LogP contribution in [0.15, 0.2) is 12.1 Å². The van der Waals surface area contributed by atoms with Crippen LogP contribution in [0.3, 0.4) is 0 Å². The van der Waals surface area contributed by atoms with Crippen LogP contribution in [0, 0.1) is 13.8 Å². The van der Waals surface area contributed by atoms with E-state index in [4.69, 9.17) is 4.74 Å². The number of hydrogen-bond acceptors (Lipinski definition) is 2. The van der Waals surface area contributed by atoms with Crippen LogP contribution in [0.5, 0.6) is 5.75 Å². The Labute approximate surface area is 92.9 Å². The summed E-state index contributed by atoms with van der Waals surface area (Å²) in [6.45, 7) is 5.31. The summed E-state index contributed by atoms with van der Waals surface area (Å²) in [6.07, 6.45) is 1.04. The van der Waals surface area contributed by atoms with Gasteiger partial charge in [0.1, 0.15) is 5.75 Å². The predicted molar refractivity (Wildman–Crippen MR) is 64.7 cm³/mol. The Morgan fingerprint density at radius 1 is 1.20 bits per heavy atom. The van der Waals surface area contributed by atoms with E-state index in [0.29, 0.717) is 0 Å². The molecule has 0 heterocycles. The second kappa shape index (κ2) is 5.17. The summed E-state index contributed by atoms with van der Waals surface area (Å²) in [4.78, 5) is 2.19. The Morgan fingerprint density at radius 2 is 1.87 bits per heavy atom. The molecule has 1 aromatic carbocycles. The van der Waals surface area contributed by atoms with E-state index >= 15 is 0 Å². The van der Waals surface area contributed by atoms with Crippen LogP contribution >= 0.6 is 0 Å². The van der Waals surface area contributed by atoms with Crippen LogP contribution in [-0.2, 0) is 6.42 Å². The molecular formula is C13H21NO. The number of nitrogens with zero attached hydrogens (tertiary/aromatic N) is 1. The lowest BCUT2D eigenvalue weighted by molar-refractivity contribution is 0.391. The second-order valence-electron chi connectivity index (χ2n) is 4.32. The minimum absolute atomic E-state index is 1.02. The van der Waals surface area contributed by atoms with Crippen molar-refractivity contribution < 1.29 is 4.74 Å². The fourth-order valence-corrected chi connectivity index (χ4v) is 1.80. The molecule has 0 amide bonds. The highest BCUT2D eigenvalue weighted by Gasteiger charge is 2.07. The molecule has 0 fully saturated rings. The maximum Gasteiger partial charge on any atom is 0.122 e. The normalized spacial score (nSPS) is 10.8. The Bertz CT molecular complexity index is 332. The van der Waals surface area contributed by atoms with Crippen LogP contribution in [0.2, 0.25) is 0 Å². The van der Waals surface area contributed by atoms with Crippen LogP contribution in [0.1, 0.15) is 16.7 Å². The molecule has 0 atom stereocenters.